The van der Waals surface area contributed by atoms with Gasteiger partial charge >= 0.3 is 0 Å². The lowest BCUT2D eigenvalue weighted by Crippen LogP contribution is -2.24. The summed E-state index contributed by atoms with van der Waals surface area (Å²) in [5, 5.41) is 3.43. The van der Waals surface area contributed by atoms with Crippen LogP contribution in [0.25, 0.3) is 0 Å². The van der Waals surface area contributed by atoms with Gasteiger partial charge in [-0.1, -0.05) is 23.2 Å². The fraction of sp³-hybridized carbons (Fsp3) is 0.0909. The van der Waals surface area contributed by atoms with Gasteiger partial charge in [-0.15, -0.1) is 0 Å². The van der Waals surface area contributed by atoms with Crippen molar-refractivity contribution >= 4 is 39.1 Å². The van der Waals surface area contributed by atoms with Gasteiger partial charge in [0.1, 0.15) is 16.7 Å². The lowest BCUT2D eigenvalue weighted by Gasteiger charge is -2.08. The van der Waals surface area contributed by atoms with E-state index in [1.165, 1.54) is 6.07 Å². The van der Waals surface area contributed by atoms with E-state index in [0.717, 1.165) is 16.9 Å². The topological polar surface area (TPSA) is 34.9 Å². The Kier molecular flexibility index (Phi) is 4.23. The van der Waals surface area contributed by atoms with Crippen LogP contribution in [0.4, 0.5) is 8.78 Å². The highest BCUT2D eigenvalue weighted by molar-refractivity contribution is 9.10. The van der Waals surface area contributed by atoms with Crippen molar-refractivity contribution in [1.29, 1.82) is 0 Å². The molecular formula is C11H5BrCl2F2N2O. The van der Waals surface area contributed by atoms with Crippen molar-refractivity contribution in [2.75, 3.05) is 0 Å². The Morgan fingerprint density at radius 3 is 2.68 bits per heavy atom. The Balaban J connectivity index is 2.51. The Morgan fingerprint density at radius 2 is 2.00 bits per heavy atom. The number of nitrogens with zero attached hydrogens (tertiary/aromatic N) is 2. The van der Waals surface area contributed by atoms with Gasteiger partial charge in [0.15, 0.2) is 0 Å². The maximum absolute atomic E-state index is 13.8. The summed E-state index contributed by atoms with van der Waals surface area (Å²) in [6.45, 7) is -0.382. The number of hydrogen-bond acceptors (Lipinski definition) is 2. The molecule has 1 aromatic carbocycles. The summed E-state index contributed by atoms with van der Waals surface area (Å²) in [5.74, 6) is -1.57. The fourth-order valence-corrected chi connectivity index (χ4v) is 2.06. The van der Waals surface area contributed by atoms with E-state index in [1.807, 2.05) is 0 Å². The highest BCUT2D eigenvalue weighted by atomic mass is 79.9. The summed E-state index contributed by atoms with van der Waals surface area (Å²) in [6, 6.07) is 2.32. The quantitative estimate of drug-likeness (QED) is 0.757. The van der Waals surface area contributed by atoms with Crippen LogP contribution < -0.4 is 5.56 Å². The molecule has 0 bridgehead atoms. The van der Waals surface area contributed by atoms with E-state index in [1.54, 1.807) is 0 Å². The molecule has 2 aromatic rings. The first-order valence-corrected chi connectivity index (χ1v) is 6.50. The largest absolute Gasteiger partial charge is 0.287 e. The average Bonchev–Trinajstić information content (AvgIpc) is 2.39. The van der Waals surface area contributed by atoms with Gasteiger partial charge in [0, 0.05) is 5.56 Å². The van der Waals surface area contributed by atoms with E-state index in [9.17, 15) is 13.6 Å². The molecule has 0 aliphatic heterocycles. The second-order valence-corrected chi connectivity index (χ2v) is 5.23. The van der Waals surface area contributed by atoms with Crippen LogP contribution in [0.2, 0.25) is 10.0 Å². The van der Waals surface area contributed by atoms with E-state index in [0.29, 0.717) is 0 Å². The first kappa shape index (κ1) is 14.4. The summed E-state index contributed by atoms with van der Waals surface area (Å²) in [7, 11) is 0. The maximum atomic E-state index is 13.8. The zero-order chi connectivity index (χ0) is 14.2. The molecule has 0 N–H and O–H groups in total. The normalized spacial score (nSPS) is 10.8. The molecule has 19 heavy (non-hydrogen) atoms. The van der Waals surface area contributed by atoms with Crippen molar-refractivity contribution in [3.63, 3.8) is 0 Å². The summed E-state index contributed by atoms with van der Waals surface area (Å²) in [6.07, 6.45) is 1.14. The minimum absolute atomic E-state index is 0.0156. The summed E-state index contributed by atoms with van der Waals surface area (Å²) in [5.41, 5.74) is -1.00. The van der Waals surface area contributed by atoms with Crippen LogP contribution in [-0.4, -0.2) is 9.78 Å². The average molecular weight is 370 g/mol. The molecule has 0 aliphatic rings. The van der Waals surface area contributed by atoms with E-state index in [-0.39, 0.29) is 26.6 Å². The van der Waals surface area contributed by atoms with Crippen LogP contribution >= 0.6 is 39.1 Å². The molecule has 8 heteroatoms. The monoisotopic (exact) mass is 368 g/mol. The number of aromatic nitrogens is 2. The maximum Gasteiger partial charge on any atom is 0.287 e. The molecule has 0 radical (unpaired) electrons. The van der Waals surface area contributed by atoms with Crippen LogP contribution in [0.5, 0.6) is 0 Å². The standard InChI is InChI=1S/C11H5BrCl2F2N2O/c12-6-1-2-8(15)5(10(6)16)4-18-11(19)9(14)7(13)3-17-18/h1-3H,4H2. The lowest BCUT2D eigenvalue weighted by molar-refractivity contribution is 0.521. The van der Waals surface area contributed by atoms with Gasteiger partial charge in [0.25, 0.3) is 5.56 Å². The minimum Gasteiger partial charge on any atom is -0.266 e. The number of halogens is 5. The molecule has 0 unspecified atom stereocenters. The van der Waals surface area contributed by atoms with E-state index < -0.39 is 17.2 Å². The Morgan fingerprint density at radius 1 is 1.32 bits per heavy atom. The molecule has 0 fully saturated rings. The molecular weight excluding hydrogens is 365 g/mol. The smallest absolute Gasteiger partial charge is 0.266 e. The van der Waals surface area contributed by atoms with Crippen molar-refractivity contribution in [3.8, 4) is 0 Å². The first-order valence-electron chi connectivity index (χ1n) is 4.95. The molecule has 0 saturated heterocycles. The second-order valence-electron chi connectivity index (χ2n) is 3.59. The van der Waals surface area contributed by atoms with E-state index in [4.69, 9.17) is 23.2 Å². The van der Waals surface area contributed by atoms with Crippen molar-refractivity contribution in [2.45, 2.75) is 6.54 Å². The molecule has 3 nitrogen and oxygen atoms in total. The Bertz CT molecular complexity index is 706. The van der Waals surface area contributed by atoms with Crippen LogP contribution in [0, 0.1) is 11.6 Å². The highest BCUT2D eigenvalue weighted by Crippen LogP contribution is 2.22. The molecule has 0 spiro atoms. The zero-order valence-corrected chi connectivity index (χ0v) is 12.2. The first-order chi connectivity index (χ1) is 8.91. The third-order valence-electron chi connectivity index (χ3n) is 2.39. The Hall–Kier alpha value is -0.980. The molecule has 0 atom stereocenters. The zero-order valence-electron chi connectivity index (χ0n) is 9.13. The third-order valence-corrected chi connectivity index (χ3v) is 3.75. The van der Waals surface area contributed by atoms with Crippen molar-refractivity contribution in [2.24, 2.45) is 0 Å². The predicted octanol–water partition coefficient (Wildman–Crippen LogP) is 3.64. The van der Waals surface area contributed by atoms with Gasteiger partial charge in [-0.05, 0) is 28.1 Å². The lowest BCUT2D eigenvalue weighted by atomic mass is 10.2. The van der Waals surface area contributed by atoms with Gasteiger partial charge in [-0.3, -0.25) is 4.79 Å². The molecule has 0 amide bonds. The van der Waals surface area contributed by atoms with E-state index >= 15 is 0 Å². The van der Waals surface area contributed by atoms with Crippen LogP contribution in [0.15, 0.2) is 27.6 Å². The molecule has 1 heterocycles. The van der Waals surface area contributed by atoms with Crippen LogP contribution in [-0.2, 0) is 6.54 Å². The van der Waals surface area contributed by atoms with Crippen molar-refractivity contribution < 1.29 is 8.78 Å². The highest BCUT2D eigenvalue weighted by Gasteiger charge is 2.15. The summed E-state index contributed by atoms with van der Waals surface area (Å²) >= 11 is 14.2. The van der Waals surface area contributed by atoms with Crippen LogP contribution in [0.3, 0.4) is 0 Å². The van der Waals surface area contributed by atoms with E-state index in [2.05, 4.69) is 21.0 Å². The second kappa shape index (κ2) is 5.56. The van der Waals surface area contributed by atoms with Crippen molar-refractivity contribution in [3.05, 3.63) is 60.4 Å². The van der Waals surface area contributed by atoms with Crippen LogP contribution in [0.1, 0.15) is 5.56 Å². The third kappa shape index (κ3) is 2.80. The molecule has 0 saturated carbocycles. The predicted molar refractivity (Wildman–Crippen MR) is 71.7 cm³/mol. The van der Waals surface area contributed by atoms with Gasteiger partial charge in [0.05, 0.1) is 22.2 Å². The molecule has 1 aromatic heterocycles. The fourth-order valence-electron chi connectivity index (χ4n) is 1.42. The minimum atomic E-state index is -0.792. The Labute approximate surface area is 124 Å². The van der Waals surface area contributed by atoms with Gasteiger partial charge in [-0.25, -0.2) is 13.5 Å². The number of hydrogen-bond donors (Lipinski definition) is 0. The van der Waals surface area contributed by atoms with Gasteiger partial charge in [-0.2, -0.15) is 5.10 Å². The van der Waals surface area contributed by atoms with Gasteiger partial charge < -0.3 is 0 Å². The summed E-state index contributed by atoms with van der Waals surface area (Å²) < 4.78 is 28.3. The van der Waals surface area contributed by atoms with Crippen molar-refractivity contribution in [1.82, 2.24) is 9.78 Å². The number of benzene rings is 1. The summed E-state index contributed by atoms with van der Waals surface area (Å²) in [4.78, 5) is 11.7. The number of rotatable bonds is 2. The molecule has 100 valence electrons. The molecule has 0 aliphatic carbocycles. The molecule has 2 rings (SSSR count). The SMILES string of the molecule is O=c1c(Cl)c(Cl)cnn1Cc1c(F)ccc(Br)c1F. The van der Waals surface area contributed by atoms with Gasteiger partial charge in [0.2, 0.25) is 0 Å².